The summed E-state index contributed by atoms with van der Waals surface area (Å²) in [5, 5.41) is 0. The number of aryl methyl sites for hydroxylation is 1. The van der Waals surface area contributed by atoms with Gasteiger partial charge in [-0.05, 0) is 47.9 Å². The van der Waals surface area contributed by atoms with Gasteiger partial charge in [0.05, 0.1) is 0 Å². The van der Waals surface area contributed by atoms with Crippen molar-refractivity contribution in [3.63, 3.8) is 0 Å². The van der Waals surface area contributed by atoms with Crippen LogP contribution in [-0.4, -0.2) is 0 Å². The highest BCUT2D eigenvalue weighted by Gasteiger charge is 2.27. The Balaban J connectivity index is 1.74. The first-order valence-electron chi connectivity index (χ1n) is 6.64. The largest absolute Gasteiger partial charge is 0.324 e. The molecule has 0 heterocycles. The third-order valence-electron chi connectivity index (χ3n) is 4.09. The molecule has 0 aromatic heterocycles. The Hall–Kier alpha value is -1.60. The van der Waals surface area contributed by atoms with E-state index in [-0.39, 0.29) is 6.04 Å². The van der Waals surface area contributed by atoms with Gasteiger partial charge in [0, 0.05) is 6.04 Å². The molecular formula is C17H19N. The molecule has 0 aliphatic heterocycles. The highest BCUT2D eigenvalue weighted by Crippen LogP contribution is 2.40. The number of fused-ring (bicyclic) bond motifs is 1. The van der Waals surface area contributed by atoms with Crippen LogP contribution in [0.1, 0.15) is 40.6 Å². The van der Waals surface area contributed by atoms with Crippen LogP contribution >= 0.6 is 0 Å². The summed E-state index contributed by atoms with van der Waals surface area (Å²) in [4.78, 5) is 0. The molecule has 0 spiro atoms. The van der Waals surface area contributed by atoms with E-state index in [1.54, 1.807) is 0 Å². The van der Waals surface area contributed by atoms with Crippen LogP contribution in [0.4, 0.5) is 0 Å². The van der Waals surface area contributed by atoms with Crippen LogP contribution in [0.15, 0.2) is 48.5 Å². The van der Waals surface area contributed by atoms with Crippen molar-refractivity contribution in [1.29, 1.82) is 0 Å². The zero-order valence-electron chi connectivity index (χ0n) is 10.8. The van der Waals surface area contributed by atoms with Crippen molar-refractivity contribution >= 4 is 0 Å². The van der Waals surface area contributed by atoms with E-state index in [9.17, 15) is 0 Å². The van der Waals surface area contributed by atoms with E-state index in [1.807, 2.05) is 0 Å². The molecular weight excluding hydrogens is 218 g/mol. The molecule has 0 saturated carbocycles. The van der Waals surface area contributed by atoms with Gasteiger partial charge in [-0.1, -0.05) is 48.5 Å². The Kier molecular flexibility index (Phi) is 2.92. The minimum Gasteiger partial charge on any atom is -0.324 e. The van der Waals surface area contributed by atoms with Crippen LogP contribution < -0.4 is 5.73 Å². The average Bonchev–Trinajstić information content (AvgIpc) is 2.36. The first-order chi connectivity index (χ1) is 8.75. The van der Waals surface area contributed by atoms with Crippen molar-refractivity contribution in [3.8, 4) is 0 Å². The monoisotopic (exact) mass is 237 g/mol. The molecule has 2 atom stereocenters. The second-order valence-electron chi connectivity index (χ2n) is 5.30. The molecule has 3 rings (SSSR count). The van der Waals surface area contributed by atoms with E-state index >= 15 is 0 Å². The van der Waals surface area contributed by atoms with Crippen LogP contribution in [0.25, 0.3) is 0 Å². The van der Waals surface area contributed by atoms with Gasteiger partial charge in [0.2, 0.25) is 0 Å². The fourth-order valence-corrected chi connectivity index (χ4v) is 3.01. The van der Waals surface area contributed by atoms with E-state index < -0.39 is 0 Å². The Morgan fingerprint density at radius 3 is 2.61 bits per heavy atom. The molecule has 2 aromatic carbocycles. The van der Waals surface area contributed by atoms with Crippen LogP contribution in [0.5, 0.6) is 0 Å². The van der Waals surface area contributed by atoms with Crippen LogP contribution in [0.3, 0.4) is 0 Å². The smallest absolute Gasteiger partial charge is 0.0303 e. The van der Waals surface area contributed by atoms with E-state index in [1.165, 1.54) is 28.7 Å². The van der Waals surface area contributed by atoms with Crippen LogP contribution in [0.2, 0.25) is 0 Å². The summed E-state index contributed by atoms with van der Waals surface area (Å²) in [6.07, 6.45) is 2.25. The first kappa shape index (κ1) is 11.5. The minimum absolute atomic E-state index is 0.157. The van der Waals surface area contributed by atoms with E-state index in [2.05, 4.69) is 55.5 Å². The van der Waals surface area contributed by atoms with E-state index in [4.69, 9.17) is 5.73 Å². The lowest BCUT2D eigenvalue weighted by Gasteiger charge is -2.32. The van der Waals surface area contributed by atoms with Crippen molar-refractivity contribution in [3.05, 3.63) is 70.8 Å². The molecule has 1 heteroatoms. The van der Waals surface area contributed by atoms with Gasteiger partial charge in [-0.3, -0.25) is 0 Å². The molecule has 2 unspecified atom stereocenters. The molecule has 0 saturated heterocycles. The second kappa shape index (κ2) is 4.58. The van der Waals surface area contributed by atoms with Gasteiger partial charge in [0.15, 0.2) is 0 Å². The van der Waals surface area contributed by atoms with Crippen molar-refractivity contribution in [2.75, 3.05) is 0 Å². The van der Waals surface area contributed by atoms with Crippen LogP contribution in [0, 0.1) is 6.92 Å². The summed E-state index contributed by atoms with van der Waals surface area (Å²) in [7, 11) is 0. The van der Waals surface area contributed by atoms with Gasteiger partial charge in [-0.2, -0.15) is 0 Å². The molecule has 0 fully saturated rings. The number of hydrogen-bond donors (Lipinski definition) is 1. The predicted molar refractivity (Wildman–Crippen MR) is 75.6 cm³/mol. The van der Waals surface area contributed by atoms with Crippen molar-refractivity contribution in [1.82, 2.24) is 0 Å². The second-order valence-corrected chi connectivity index (χ2v) is 5.30. The maximum atomic E-state index is 6.36. The fraction of sp³-hybridized carbons (Fsp3) is 0.294. The van der Waals surface area contributed by atoms with E-state index in [0.29, 0.717) is 5.92 Å². The molecule has 0 amide bonds. The average molecular weight is 237 g/mol. The fourth-order valence-electron chi connectivity index (χ4n) is 3.01. The Bertz CT molecular complexity index is 559. The number of rotatable bonds is 3. The lowest BCUT2D eigenvalue weighted by Crippen LogP contribution is -2.23. The molecule has 1 nitrogen and oxygen atoms in total. The summed E-state index contributed by atoms with van der Waals surface area (Å²) < 4.78 is 0. The number of hydrogen-bond acceptors (Lipinski definition) is 1. The molecule has 0 bridgehead atoms. The molecule has 2 N–H and O–H groups in total. The van der Waals surface area contributed by atoms with Gasteiger partial charge >= 0.3 is 0 Å². The first-order valence-corrected chi connectivity index (χ1v) is 6.64. The van der Waals surface area contributed by atoms with Crippen molar-refractivity contribution < 1.29 is 0 Å². The standard InChI is InChI=1S/C17H19N/c1-12-6-2-4-8-15(12)17(18)11-14-10-13-7-3-5-9-16(13)14/h2-9,14,17H,10-11,18H2,1H3. The summed E-state index contributed by atoms with van der Waals surface area (Å²) in [5.74, 6) is 0.649. The maximum Gasteiger partial charge on any atom is 0.0303 e. The third kappa shape index (κ3) is 1.95. The molecule has 2 aromatic rings. The molecule has 0 radical (unpaired) electrons. The van der Waals surface area contributed by atoms with E-state index in [0.717, 1.165) is 6.42 Å². The topological polar surface area (TPSA) is 26.0 Å². The summed E-state index contributed by atoms with van der Waals surface area (Å²) >= 11 is 0. The van der Waals surface area contributed by atoms with Crippen molar-refractivity contribution in [2.24, 2.45) is 5.73 Å². The van der Waals surface area contributed by atoms with Crippen LogP contribution in [-0.2, 0) is 6.42 Å². The molecule has 18 heavy (non-hydrogen) atoms. The SMILES string of the molecule is Cc1ccccc1C(N)CC1Cc2ccccc21. The zero-order chi connectivity index (χ0) is 12.5. The number of nitrogens with two attached hydrogens (primary N) is 1. The Morgan fingerprint density at radius 1 is 1.11 bits per heavy atom. The molecule has 1 aliphatic carbocycles. The maximum absolute atomic E-state index is 6.36. The normalized spacial score (nSPS) is 18.9. The van der Waals surface area contributed by atoms with Gasteiger partial charge in [-0.15, -0.1) is 0 Å². The summed E-state index contributed by atoms with van der Waals surface area (Å²) in [6.45, 7) is 2.14. The van der Waals surface area contributed by atoms with Gasteiger partial charge in [0.25, 0.3) is 0 Å². The Morgan fingerprint density at radius 2 is 1.83 bits per heavy atom. The quantitative estimate of drug-likeness (QED) is 0.865. The minimum atomic E-state index is 0.157. The lowest BCUT2D eigenvalue weighted by molar-refractivity contribution is 0.497. The molecule has 92 valence electrons. The van der Waals surface area contributed by atoms with Gasteiger partial charge in [0.1, 0.15) is 0 Å². The molecule has 1 aliphatic rings. The highest BCUT2D eigenvalue weighted by atomic mass is 14.6. The lowest BCUT2D eigenvalue weighted by atomic mass is 9.73. The zero-order valence-corrected chi connectivity index (χ0v) is 10.8. The Labute approximate surface area is 109 Å². The summed E-state index contributed by atoms with van der Waals surface area (Å²) in [5.41, 5.74) is 12.0. The third-order valence-corrected chi connectivity index (χ3v) is 4.09. The van der Waals surface area contributed by atoms with Gasteiger partial charge < -0.3 is 5.73 Å². The highest BCUT2D eigenvalue weighted by molar-refractivity contribution is 5.40. The predicted octanol–water partition coefficient (Wildman–Crippen LogP) is 3.72. The van der Waals surface area contributed by atoms with Gasteiger partial charge in [-0.25, -0.2) is 0 Å². The number of benzene rings is 2. The van der Waals surface area contributed by atoms with Crippen molar-refractivity contribution in [2.45, 2.75) is 31.7 Å². The summed E-state index contributed by atoms with van der Waals surface area (Å²) in [6, 6.07) is 17.3.